The van der Waals surface area contributed by atoms with E-state index in [1.165, 1.54) is 6.07 Å². The summed E-state index contributed by atoms with van der Waals surface area (Å²) in [5.41, 5.74) is 3.35. The molecule has 0 radical (unpaired) electrons. The van der Waals surface area contributed by atoms with E-state index in [1.54, 1.807) is 12.3 Å². The summed E-state index contributed by atoms with van der Waals surface area (Å²) in [4.78, 5) is 9.12. The molecule has 2 aliphatic heterocycles. The van der Waals surface area contributed by atoms with Crippen molar-refractivity contribution in [2.45, 2.75) is 64.0 Å². The lowest BCUT2D eigenvalue weighted by molar-refractivity contribution is 0.0650. The number of ether oxygens (including phenoxy) is 1. The molecule has 2 saturated carbocycles. The van der Waals surface area contributed by atoms with Gasteiger partial charge in [-0.05, 0) is 92.4 Å². The molecule has 216 valence electrons. The largest absolute Gasteiger partial charge is 0.382 e. The monoisotopic (exact) mass is 588 g/mol. The number of nitrogens with zero attached hydrogens (tertiary/aromatic N) is 2. The van der Waals surface area contributed by atoms with Crippen LogP contribution in [0.2, 0.25) is 5.02 Å². The molecule has 3 unspecified atom stereocenters. The van der Waals surface area contributed by atoms with Gasteiger partial charge in [0.15, 0.2) is 9.84 Å². The van der Waals surface area contributed by atoms with Crippen molar-refractivity contribution in [2.75, 3.05) is 41.9 Å². The van der Waals surface area contributed by atoms with E-state index in [-0.39, 0.29) is 34.8 Å². The summed E-state index contributed by atoms with van der Waals surface area (Å²) in [6.45, 7) is 4.30. The molecule has 2 N–H and O–H groups in total. The standard InChI is InChI=1S/C30H38ClFN4O3S/c1-19-24(6-7-27(32)29(19)35-18-30-9-10-39-16-21(30)13-30)25-12-28(34-15-26(25)31)36-22-4-2-20(3-5-22)14-33-23-8-11-40(37,38)17-23/h6-7,12,14-15,20-23,35H,2-5,8-11,13,16-18H2,1H3,(H,34,36). The second-order valence-electron chi connectivity index (χ2n) is 12.2. The number of benzene rings is 1. The molecular weight excluding hydrogens is 551 g/mol. The van der Waals surface area contributed by atoms with Crippen LogP contribution in [0.1, 0.15) is 50.5 Å². The van der Waals surface area contributed by atoms with Gasteiger partial charge in [0.2, 0.25) is 0 Å². The topological polar surface area (TPSA) is 92.7 Å². The minimum atomic E-state index is -2.90. The van der Waals surface area contributed by atoms with Crippen LogP contribution in [0.25, 0.3) is 11.1 Å². The first kappa shape index (κ1) is 27.9. The fourth-order valence-electron chi connectivity index (χ4n) is 6.71. The molecule has 2 aliphatic carbocycles. The van der Waals surface area contributed by atoms with Gasteiger partial charge in [-0.1, -0.05) is 17.7 Å². The van der Waals surface area contributed by atoms with Crippen LogP contribution in [0.5, 0.6) is 0 Å². The summed E-state index contributed by atoms with van der Waals surface area (Å²) in [6, 6.07) is 5.50. The highest BCUT2D eigenvalue weighted by Gasteiger charge is 2.55. The summed E-state index contributed by atoms with van der Waals surface area (Å²) in [5.74, 6) is 1.92. The summed E-state index contributed by atoms with van der Waals surface area (Å²) < 4.78 is 43.9. The van der Waals surface area contributed by atoms with E-state index in [1.807, 2.05) is 19.2 Å². The second kappa shape index (κ2) is 11.2. The quantitative estimate of drug-likeness (QED) is 0.372. The summed E-state index contributed by atoms with van der Waals surface area (Å²) in [7, 11) is -2.90. The van der Waals surface area contributed by atoms with E-state index < -0.39 is 9.84 Å². The molecule has 2 aromatic rings. The fourth-order valence-corrected chi connectivity index (χ4v) is 8.56. The lowest BCUT2D eigenvalue weighted by Crippen LogP contribution is -2.27. The molecule has 1 aromatic heterocycles. The number of hydrogen-bond donors (Lipinski definition) is 2. The highest BCUT2D eigenvalue weighted by atomic mass is 35.5. The SMILES string of the molecule is Cc1c(-c2cc(NC3CCC(C=NC4CCS(=O)(=O)C4)CC3)ncc2Cl)ccc(F)c1NCC12CCOCC1C2. The molecule has 6 rings (SSSR count). The Balaban J connectivity index is 1.09. The first-order valence-electron chi connectivity index (χ1n) is 14.5. The zero-order chi connectivity index (χ0) is 27.9. The van der Waals surface area contributed by atoms with Crippen LogP contribution in [0.15, 0.2) is 29.4 Å². The molecule has 3 heterocycles. The molecular formula is C30H38ClFN4O3S. The molecule has 0 spiro atoms. The van der Waals surface area contributed by atoms with Crippen molar-refractivity contribution in [1.29, 1.82) is 0 Å². The molecule has 7 nitrogen and oxygen atoms in total. The van der Waals surface area contributed by atoms with Gasteiger partial charge >= 0.3 is 0 Å². The summed E-state index contributed by atoms with van der Waals surface area (Å²) >= 11 is 6.62. The maximum Gasteiger partial charge on any atom is 0.152 e. The first-order chi connectivity index (χ1) is 19.2. The Bertz CT molecular complexity index is 1400. The fraction of sp³-hybridized carbons (Fsp3) is 0.600. The number of halogens is 2. The van der Waals surface area contributed by atoms with Crippen molar-refractivity contribution >= 4 is 39.2 Å². The molecule has 40 heavy (non-hydrogen) atoms. The highest BCUT2D eigenvalue weighted by Crippen LogP contribution is 2.57. The van der Waals surface area contributed by atoms with Gasteiger partial charge in [0.1, 0.15) is 11.6 Å². The van der Waals surface area contributed by atoms with Crippen LogP contribution >= 0.6 is 11.6 Å². The van der Waals surface area contributed by atoms with Crippen molar-refractivity contribution < 1.29 is 17.5 Å². The molecule has 0 amide bonds. The molecule has 10 heteroatoms. The molecule has 3 atom stereocenters. The van der Waals surface area contributed by atoms with E-state index in [9.17, 15) is 12.8 Å². The maximum atomic E-state index is 15.0. The highest BCUT2D eigenvalue weighted by molar-refractivity contribution is 7.91. The number of sulfone groups is 1. The van der Waals surface area contributed by atoms with Gasteiger partial charge in [0.05, 0.1) is 28.3 Å². The lowest BCUT2D eigenvalue weighted by atomic mass is 9.86. The van der Waals surface area contributed by atoms with Crippen molar-refractivity contribution in [3.05, 3.63) is 40.8 Å². The Morgan fingerprint density at radius 2 is 2.05 bits per heavy atom. The second-order valence-corrected chi connectivity index (χ2v) is 14.8. The smallest absolute Gasteiger partial charge is 0.152 e. The van der Waals surface area contributed by atoms with E-state index in [4.69, 9.17) is 16.3 Å². The molecule has 4 aliphatic rings. The number of rotatable bonds is 8. The summed E-state index contributed by atoms with van der Waals surface area (Å²) in [6.07, 6.45) is 10.4. The van der Waals surface area contributed by atoms with Gasteiger partial charge < -0.3 is 15.4 Å². The van der Waals surface area contributed by atoms with Gasteiger partial charge in [0.25, 0.3) is 0 Å². The Labute approximate surface area is 241 Å². The van der Waals surface area contributed by atoms with Gasteiger partial charge in [0, 0.05) is 43.8 Å². The number of aliphatic imine (C=N–C) groups is 1. The third kappa shape index (κ3) is 6.02. The van der Waals surface area contributed by atoms with Crippen molar-refractivity contribution in [3.63, 3.8) is 0 Å². The van der Waals surface area contributed by atoms with Gasteiger partial charge in [-0.25, -0.2) is 17.8 Å². The van der Waals surface area contributed by atoms with Gasteiger partial charge in [-0.15, -0.1) is 0 Å². The molecule has 0 bridgehead atoms. The number of anilines is 2. The minimum Gasteiger partial charge on any atom is -0.382 e. The molecule has 4 fully saturated rings. The number of pyridine rings is 1. The van der Waals surface area contributed by atoms with E-state index >= 15 is 0 Å². The van der Waals surface area contributed by atoms with Crippen molar-refractivity contribution in [1.82, 2.24) is 4.98 Å². The lowest BCUT2D eigenvalue weighted by Gasteiger charge is -2.28. The van der Waals surface area contributed by atoms with Crippen molar-refractivity contribution in [2.24, 2.45) is 22.2 Å². The Hall–Kier alpha value is -2.23. The van der Waals surface area contributed by atoms with Crippen LogP contribution < -0.4 is 10.6 Å². The van der Waals surface area contributed by atoms with Gasteiger partial charge in [-0.2, -0.15) is 0 Å². The number of nitrogens with one attached hydrogen (secondary N) is 2. The number of hydrogen-bond acceptors (Lipinski definition) is 7. The van der Waals surface area contributed by atoms with Gasteiger partial charge in [-0.3, -0.25) is 4.99 Å². The van der Waals surface area contributed by atoms with Crippen LogP contribution in [-0.2, 0) is 14.6 Å². The minimum absolute atomic E-state index is 0.0738. The first-order valence-corrected chi connectivity index (χ1v) is 16.7. The van der Waals surface area contributed by atoms with Crippen LogP contribution in [0, 0.1) is 30.0 Å². The zero-order valence-electron chi connectivity index (χ0n) is 23.0. The Kier molecular flexibility index (Phi) is 7.83. The van der Waals surface area contributed by atoms with E-state index in [2.05, 4.69) is 20.6 Å². The predicted octanol–water partition coefficient (Wildman–Crippen LogP) is 5.92. The Morgan fingerprint density at radius 3 is 2.80 bits per heavy atom. The maximum absolute atomic E-state index is 15.0. The normalized spacial score (nSPS) is 31.2. The van der Waals surface area contributed by atoms with E-state index in [0.717, 1.165) is 80.8 Å². The average Bonchev–Trinajstić information content (AvgIpc) is 3.56. The number of fused-ring (bicyclic) bond motifs is 1. The third-order valence-electron chi connectivity index (χ3n) is 9.44. The predicted molar refractivity (Wildman–Crippen MR) is 159 cm³/mol. The van der Waals surface area contributed by atoms with Crippen molar-refractivity contribution in [3.8, 4) is 11.1 Å². The molecule has 1 aromatic carbocycles. The number of aromatic nitrogens is 1. The average molecular weight is 589 g/mol. The molecule has 2 saturated heterocycles. The third-order valence-corrected chi connectivity index (χ3v) is 11.5. The van der Waals surface area contributed by atoms with Crippen LogP contribution in [0.3, 0.4) is 0 Å². The van der Waals surface area contributed by atoms with Crippen LogP contribution in [0.4, 0.5) is 15.9 Å². The van der Waals surface area contributed by atoms with E-state index in [0.29, 0.717) is 29.0 Å². The van der Waals surface area contributed by atoms with Crippen LogP contribution in [-0.4, -0.2) is 63.0 Å². The Morgan fingerprint density at radius 1 is 1.23 bits per heavy atom. The summed E-state index contributed by atoms with van der Waals surface area (Å²) in [5, 5.41) is 7.54. The zero-order valence-corrected chi connectivity index (χ0v) is 24.5.